The normalized spacial score (nSPS) is 12.1. The van der Waals surface area contributed by atoms with E-state index >= 15 is 0 Å². The Balaban J connectivity index is 0.000000220. The maximum absolute atomic E-state index is 12.7. The average molecular weight is 728 g/mol. The Kier molecular flexibility index (Phi) is 14.5. The maximum atomic E-state index is 12.7. The number of methoxy groups -OCH3 is 3. The van der Waals surface area contributed by atoms with E-state index in [2.05, 4.69) is 29.9 Å². The van der Waals surface area contributed by atoms with Gasteiger partial charge in [-0.3, -0.25) is 18.4 Å². The Hall–Kier alpha value is -3.66. The van der Waals surface area contributed by atoms with Crippen molar-refractivity contribution in [1.29, 1.82) is 0 Å². The third-order valence-electron chi connectivity index (χ3n) is 7.76. The van der Waals surface area contributed by atoms with Crippen LogP contribution in [0.2, 0.25) is 0 Å². The van der Waals surface area contributed by atoms with Gasteiger partial charge in [0.05, 0.1) is 87.4 Å². The van der Waals surface area contributed by atoms with Crippen LogP contribution in [-0.4, -0.2) is 102 Å². The summed E-state index contributed by atoms with van der Waals surface area (Å²) in [7, 11) is 2.28. The van der Waals surface area contributed by atoms with E-state index in [0.29, 0.717) is 29.3 Å². The van der Waals surface area contributed by atoms with Crippen molar-refractivity contribution in [2.45, 2.75) is 49.0 Å². The van der Waals surface area contributed by atoms with Crippen LogP contribution in [0.1, 0.15) is 34.5 Å². The van der Waals surface area contributed by atoms with Crippen LogP contribution in [0.25, 0.3) is 22.1 Å². The summed E-state index contributed by atoms with van der Waals surface area (Å²) in [5, 5.41) is 0.896. The van der Waals surface area contributed by atoms with E-state index in [9.17, 15) is 8.42 Å². The number of imidazole rings is 2. The van der Waals surface area contributed by atoms with E-state index in [1.165, 1.54) is 0 Å². The van der Waals surface area contributed by atoms with Crippen LogP contribution >= 0.6 is 0 Å². The van der Waals surface area contributed by atoms with Crippen LogP contribution in [-0.2, 0) is 37.8 Å². The van der Waals surface area contributed by atoms with Crippen molar-refractivity contribution in [2.75, 3.05) is 34.5 Å². The van der Waals surface area contributed by atoms with Crippen molar-refractivity contribution in [1.82, 2.24) is 29.9 Å². The number of rotatable bonds is 13. The van der Waals surface area contributed by atoms with Crippen molar-refractivity contribution in [3.63, 3.8) is 0 Å². The summed E-state index contributed by atoms with van der Waals surface area (Å²) < 4.78 is 46.7. The molecule has 2 aromatic carbocycles. The second kappa shape index (κ2) is 18.5. The van der Waals surface area contributed by atoms with Gasteiger partial charge in [-0.25, -0.2) is 9.97 Å². The first-order valence-electron chi connectivity index (χ1n) is 15.5. The SMILES string of the molecule is COCCCOc1ccnc(CS(=O)c2nc3ccccc3[nH]2)c1C.COc1ccc2nc(S(=O)Cc3ncc(C)c(OC)c3C)[nH]c2c1.[Na]. The molecule has 50 heavy (non-hydrogen) atoms. The predicted octanol–water partition coefficient (Wildman–Crippen LogP) is 5.51. The number of benzene rings is 2. The number of ether oxygens (including phenoxy) is 4. The molecule has 4 heterocycles. The minimum atomic E-state index is -1.33. The first-order chi connectivity index (χ1) is 23.7. The molecule has 0 amide bonds. The smallest absolute Gasteiger partial charge is 0.197 e. The van der Waals surface area contributed by atoms with Gasteiger partial charge in [-0.05, 0) is 51.1 Å². The first kappa shape index (κ1) is 39.1. The van der Waals surface area contributed by atoms with E-state index in [-0.39, 0.29) is 35.3 Å². The fourth-order valence-electron chi connectivity index (χ4n) is 5.09. The topological polar surface area (TPSA) is 154 Å². The number of pyridine rings is 2. The second-order valence-corrected chi connectivity index (χ2v) is 13.8. The van der Waals surface area contributed by atoms with Gasteiger partial charge in [0.2, 0.25) is 0 Å². The molecule has 6 aromatic rings. The zero-order valence-corrected chi connectivity index (χ0v) is 33.0. The van der Waals surface area contributed by atoms with Gasteiger partial charge in [-0.1, -0.05) is 12.1 Å². The van der Waals surface area contributed by atoms with Crippen molar-refractivity contribution < 1.29 is 27.4 Å². The monoisotopic (exact) mass is 727 g/mol. The van der Waals surface area contributed by atoms with Gasteiger partial charge in [0.25, 0.3) is 0 Å². The largest absolute Gasteiger partial charge is 0.497 e. The molecule has 259 valence electrons. The molecular formula is C35H40N6NaO6S2. The van der Waals surface area contributed by atoms with Gasteiger partial charge in [-0.2, -0.15) is 0 Å². The van der Waals surface area contributed by atoms with Gasteiger partial charge in [0.15, 0.2) is 10.3 Å². The minimum Gasteiger partial charge on any atom is -0.497 e. The van der Waals surface area contributed by atoms with Gasteiger partial charge >= 0.3 is 0 Å². The van der Waals surface area contributed by atoms with Crippen LogP contribution in [0.15, 0.2) is 71.2 Å². The number of hydrogen-bond donors (Lipinski definition) is 2. The van der Waals surface area contributed by atoms with Crippen molar-refractivity contribution >= 4 is 73.2 Å². The minimum absolute atomic E-state index is 0. The van der Waals surface area contributed by atoms with Crippen LogP contribution in [0.5, 0.6) is 17.2 Å². The maximum Gasteiger partial charge on any atom is 0.197 e. The molecule has 2 atom stereocenters. The molecule has 0 saturated heterocycles. The standard InChI is InChI=1S/C18H21N3O3S.C17H19N3O3S.Na/c1-13-16(19-9-8-17(13)24-11-5-10-23-2)12-25(22)18-20-14-6-3-4-7-15(14)21-18;1-10-8-18-15(11(2)16(10)23-4)9-24(21)17-19-13-6-5-12(22-3)7-14(13)20-17;/h3-4,6-9H,5,10-12H2,1-2H3,(H,20,21);5-8H,9H2,1-4H3,(H,19,20);. The van der Waals surface area contributed by atoms with E-state index in [0.717, 1.165) is 73.8 Å². The Morgan fingerprint density at radius 3 is 2.06 bits per heavy atom. The molecule has 0 saturated carbocycles. The third kappa shape index (κ3) is 9.56. The number of hydrogen-bond acceptors (Lipinski definition) is 10. The summed E-state index contributed by atoms with van der Waals surface area (Å²) >= 11 is 0. The Morgan fingerprint density at radius 1 is 0.740 bits per heavy atom. The first-order valence-corrected chi connectivity index (χ1v) is 18.2. The van der Waals surface area contributed by atoms with Gasteiger partial charge in [-0.15, -0.1) is 0 Å². The summed E-state index contributed by atoms with van der Waals surface area (Å²) in [6.45, 7) is 7.03. The molecule has 15 heteroatoms. The predicted molar refractivity (Wildman–Crippen MR) is 196 cm³/mol. The Labute approximate surface area is 318 Å². The van der Waals surface area contributed by atoms with Crippen molar-refractivity contribution in [3.05, 3.63) is 89.0 Å². The molecule has 1 radical (unpaired) electrons. The molecule has 0 bridgehead atoms. The molecule has 0 spiro atoms. The fraction of sp³-hybridized carbons (Fsp3) is 0.314. The molecule has 0 aliphatic carbocycles. The van der Waals surface area contributed by atoms with Crippen molar-refractivity contribution in [2.24, 2.45) is 0 Å². The Bertz CT molecular complexity index is 2070. The van der Waals surface area contributed by atoms with Gasteiger partial charge in [0.1, 0.15) is 17.2 Å². The molecule has 2 unspecified atom stereocenters. The molecule has 2 N–H and O–H groups in total. The van der Waals surface area contributed by atoms with Crippen LogP contribution in [0.3, 0.4) is 0 Å². The molecule has 4 aromatic heterocycles. The molecule has 0 aliphatic heterocycles. The number of aromatic nitrogens is 6. The summed E-state index contributed by atoms with van der Waals surface area (Å²) in [6, 6.07) is 15.0. The van der Waals surface area contributed by atoms with E-state index < -0.39 is 21.6 Å². The van der Waals surface area contributed by atoms with Crippen LogP contribution in [0, 0.1) is 20.8 Å². The molecule has 6 rings (SSSR count). The number of fused-ring (bicyclic) bond motifs is 2. The number of para-hydroxylation sites is 2. The Morgan fingerprint density at radius 2 is 1.40 bits per heavy atom. The van der Waals surface area contributed by atoms with E-state index in [4.69, 9.17) is 18.9 Å². The summed E-state index contributed by atoms with van der Waals surface area (Å²) in [6.07, 6.45) is 4.24. The van der Waals surface area contributed by atoms with Crippen LogP contribution < -0.4 is 14.2 Å². The number of nitrogens with one attached hydrogen (secondary N) is 2. The summed E-state index contributed by atoms with van der Waals surface area (Å²) in [4.78, 5) is 23.8. The van der Waals surface area contributed by atoms with Crippen LogP contribution in [0.4, 0.5) is 0 Å². The molecular weight excluding hydrogens is 688 g/mol. The number of aryl methyl sites for hydroxylation is 1. The van der Waals surface area contributed by atoms with Gasteiger partial charge < -0.3 is 28.9 Å². The zero-order chi connectivity index (χ0) is 34.9. The number of nitrogens with zero attached hydrogens (tertiary/aromatic N) is 4. The number of aromatic amines is 2. The second-order valence-electron chi connectivity index (χ2n) is 11.1. The average Bonchev–Trinajstić information content (AvgIpc) is 3.74. The quantitative estimate of drug-likeness (QED) is 0.115. The van der Waals surface area contributed by atoms with Crippen molar-refractivity contribution in [3.8, 4) is 17.2 Å². The molecule has 12 nitrogen and oxygen atoms in total. The third-order valence-corrected chi connectivity index (χ3v) is 10.1. The van der Waals surface area contributed by atoms with E-state index in [1.807, 2.05) is 69.3 Å². The summed E-state index contributed by atoms with van der Waals surface area (Å²) in [5.74, 6) is 2.85. The fourth-order valence-corrected chi connectivity index (χ4v) is 7.29. The number of H-pyrrole nitrogens is 2. The zero-order valence-electron chi connectivity index (χ0n) is 29.4. The molecule has 0 aliphatic rings. The van der Waals surface area contributed by atoms with E-state index in [1.54, 1.807) is 33.7 Å². The molecule has 0 fully saturated rings. The van der Waals surface area contributed by atoms with Gasteiger partial charge in [0, 0.05) is 84.8 Å². The summed E-state index contributed by atoms with van der Waals surface area (Å²) in [5.41, 5.74) is 7.51.